The van der Waals surface area contributed by atoms with Crippen molar-refractivity contribution in [3.05, 3.63) is 29.6 Å². The molecule has 13 heavy (non-hydrogen) atoms. The fraction of sp³-hybridized carbons (Fsp3) is 0.125. The van der Waals surface area contributed by atoms with E-state index in [4.69, 9.17) is 5.84 Å². The second kappa shape index (κ2) is 3.77. The van der Waals surface area contributed by atoms with Crippen molar-refractivity contribution in [1.82, 2.24) is 10.4 Å². The van der Waals surface area contributed by atoms with Gasteiger partial charge < -0.3 is 0 Å². The maximum absolute atomic E-state index is 11.0. The molecule has 1 aromatic heterocycles. The van der Waals surface area contributed by atoms with E-state index in [-0.39, 0.29) is 11.5 Å². The van der Waals surface area contributed by atoms with Gasteiger partial charge in [-0.2, -0.15) is 0 Å². The zero-order chi connectivity index (χ0) is 9.84. The number of pyridine rings is 1. The normalized spacial score (nSPS) is 9.38. The van der Waals surface area contributed by atoms with Gasteiger partial charge >= 0.3 is 0 Å². The summed E-state index contributed by atoms with van der Waals surface area (Å²) in [5.74, 6) is 4.28. The van der Waals surface area contributed by atoms with Crippen LogP contribution in [0.2, 0.25) is 0 Å². The maximum Gasteiger partial charge on any atom is 0.283 e. The third-order valence-electron chi connectivity index (χ3n) is 1.53. The molecule has 0 saturated heterocycles. The van der Waals surface area contributed by atoms with Crippen molar-refractivity contribution in [3.63, 3.8) is 0 Å². The summed E-state index contributed by atoms with van der Waals surface area (Å²) in [6.07, 6.45) is 1.39. The zero-order valence-corrected chi connectivity index (χ0v) is 7.07. The highest BCUT2D eigenvalue weighted by atomic mass is 16.2. The number of rotatable bonds is 2. The summed E-state index contributed by atoms with van der Waals surface area (Å²) in [7, 11) is 0. The molecular weight excluding hydrogens is 170 g/mol. The van der Waals surface area contributed by atoms with Gasteiger partial charge in [0.05, 0.1) is 0 Å². The Morgan fingerprint density at radius 1 is 1.54 bits per heavy atom. The quantitative estimate of drug-likeness (QED) is 0.287. The van der Waals surface area contributed by atoms with E-state index in [0.29, 0.717) is 5.56 Å². The van der Waals surface area contributed by atoms with Crippen molar-refractivity contribution in [2.75, 3.05) is 0 Å². The number of carbonyl (C=O) groups is 2. The second-order valence-electron chi connectivity index (χ2n) is 2.46. The van der Waals surface area contributed by atoms with Crippen LogP contribution in [0.1, 0.15) is 27.8 Å². The van der Waals surface area contributed by atoms with E-state index in [1.165, 1.54) is 25.3 Å². The number of nitrogens with one attached hydrogen (secondary N) is 1. The van der Waals surface area contributed by atoms with Crippen LogP contribution in [0.25, 0.3) is 0 Å². The van der Waals surface area contributed by atoms with Crippen LogP contribution >= 0.6 is 0 Å². The van der Waals surface area contributed by atoms with Gasteiger partial charge in [0, 0.05) is 11.8 Å². The van der Waals surface area contributed by atoms with Crippen molar-refractivity contribution in [2.24, 2.45) is 5.84 Å². The molecule has 0 saturated carbocycles. The molecule has 0 aromatic carbocycles. The lowest BCUT2D eigenvalue weighted by Gasteiger charge is -1.99. The van der Waals surface area contributed by atoms with Crippen molar-refractivity contribution in [2.45, 2.75) is 6.92 Å². The van der Waals surface area contributed by atoms with Crippen LogP contribution < -0.4 is 11.3 Å². The third kappa shape index (κ3) is 2.09. The van der Waals surface area contributed by atoms with Crippen molar-refractivity contribution in [3.8, 4) is 0 Å². The lowest BCUT2D eigenvalue weighted by Crippen LogP contribution is -2.30. The minimum Gasteiger partial charge on any atom is -0.295 e. The van der Waals surface area contributed by atoms with Gasteiger partial charge in [-0.05, 0) is 19.1 Å². The lowest BCUT2D eigenvalue weighted by atomic mass is 10.1. The van der Waals surface area contributed by atoms with Gasteiger partial charge in [-0.1, -0.05) is 0 Å². The summed E-state index contributed by atoms with van der Waals surface area (Å²) in [5.41, 5.74) is 2.51. The maximum atomic E-state index is 11.0. The lowest BCUT2D eigenvalue weighted by molar-refractivity contribution is 0.0948. The summed E-state index contributed by atoms with van der Waals surface area (Å²) in [5, 5.41) is 0. The highest BCUT2D eigenvalue weighted by Crippen LogP contribution is 2.02. The summed E-state index contributed by atoms with van der Waals surface area (Å²) >= 11 is 0. The molecule has 0 radical (unpaired) electrons. The molecule has 3 N–H and O–H groups in total. The van der Waals surface area contributed by atoms with E-state index >= 15 is 0 Å². The number of carbonyl (C=O) groups excluding carboxylic acids is 2. The van der Waals surface area contributed by atoms with Crippen LogP contribution in [-0.2, 0) is 0 Å². The largest absolute Gasteiger partial charge is 0.295 e. The Balaban J connectivity index is 3.05. The number of nitrogen functional groups attached to an aromatic ring is 1. The van der Waals surface area contributed by atoms with Gasteiger partial charge in [0.25, 0.3) is 5.91 Å². The number of ketones is 1. The number of aromatic nitrogens is 1. The van der Waals surface area contributed by atoms with Gasteiger partial charge in [-0.15, -0.1) is 0 Å². The first-order chi connectivity index (χ1) is 6.15. The predicted molar refractivity (Wildman–Crippen MR) is 45.9 cm³/mol. The Labute approximate surface area is 74.9 Å². The first kappa shape index (κ1) is 9.34. The molecule has 1 amide bonds. The van der Waals surface area contributed by atoms with Crippen molar-refractivity contribution in [1.29, 1.82) is 0 Å². The Hall–Kier alpha value is -1.75. The molecule has 68 valence electrons. The van der Waals surface area contributed by atoms with E-state index in [1.807, 2.05) is 5.43 Å². The minimum absolute atomic E-state index is 0.117. The van der Waals surface area contributed by atoms with E-state index < -0.39 is 5.91 Å². The molecule has 0 aliphatic carbocycles. The van der Waals surface area contributed by atoms with Crippen LogP contribution in [0.15, 0.2) is 18.3 Å². The number of hydrazine groups is 1. The fourth-order valence-corrected chi connectivity index (χ4v) is 0.848. The van der Waals surface area contributed by atoms with Crippen LogP contribution in [0.4, 0.5) is 0 Å². The average Bonchev–Trinajstić information content (AvgIpc) is 2.17. The van der Waals surface area contributed by atoms with Crippen LogP contribution in [0.3, 0.4) is 0 Å². The van der Waals surface area contributed by atoms with Gasteiger partial charge in [-0.25, -0.2) is 5.84 Å². The van der Waals surface area contributed by atoms with Crippen LogP contribution in [-0.4, -0.2) is 16.7 Å². The molecule has 0 atom stereocenters. The topological polar surface area (TPSA) is 85.1 Å². The van der Waals surface area contributed by atoms with Crippen molar-refractivity contribution >= 4 is 11.7 Å². The van der Waals surface area contributed by atoms with Gasteiger partial charge in [0.2, 0.25) is 0 Å². The number of amides is 1. The first-order valence-corrected chi connectivity index (χ1v) is 3.63. The number of nitrogens with two attached hydrogens (primary N) is 1. The summed E-state index contributed by atoms with van der Waals surface area (Å²) in [6, 6.07) is 2.93. The summed E-state index contributed by atoms with van der Waals surface area (Å²) in [6.45, 7) is 1.42. The molecule has 0 aliphatic heterocycles. The highest BCUT2D eigenvalue weighted by Gasteiger charge is 2.07. The molecule has 0 spiro atoms. The van der Waals surface area contributed by atoms with Crippen LogP contribution in [0, 0.1) is 0 Å². The summed E-state index contributed by atoms with van der Waals surface area (Å²) in [4.78, 5) is 25.6. The van der Waals surface area contributed by atoms with E-state index in [9.17, 15) is 9.59 Å². The Bertz CT molecular complexity index is 349. The fourth-order valence-electron chi connectivity index (χ4n) is 0.848. The Morgan fingerprint density at radius 3 is 2.77 bits per heavy atom. The summed E-state index contributed by atoms with van der Waals surface area (Å²) < 4.78 is 0. The molecular formula is C8H9N3O2. The van der Waals surface area contributed by atoms with Gasteiger partial charge in [-0.3, -0.25) is 20.0 Å². The molecule has 1 rings (SSSR count). The van der Waals surface area contributed by atoms with Crippen molar-refractivity contribution < 1.29 is 9.59 Å². The van der Waals surface area contributed by atoms with E-state index in [0.717, 1.165) is 0 Å². The number of Topliss-reactive ketones (excluding diaryl/α,β-unsaturated/α-hetero) is 1. The smallest absolute Gasteiger partial charge is 0.283 e. The Kier molecular flexibility index (Phi) is 2.71. The highest BCUT2D eigenvalue weighted by molar-refractivity contribution is 5.98. The molecule has 0 unspecified atom stereocenters. The Morgan fingerprint density at radius 2 is 2.23 bits per heavy atom. The van der Waals surface area contributed by atoms with Crippen LogP contribution in [0.5, 0.6) is 0 Å². The average molecular weight is 179 g/mol. The molecule has 0 bridgehead atoms. The molecule has 1 aromatic rings. The third-order valence-corrected chi connectivity index (χ3v) is 1.53. The second-order valence-corrected chi connectivity index (χ2v) is 2.46. The number of nitrogens with zero attached hydrogens (tertiary/aromatic N) is 1. The molecule has 0 aliphatic rings. The predicted octanol–water partition coefficient (Wildman–Crippen LogP) is -0.112. The molecule has 5 nitrogen and oxygen atoms in total. The number of hydrogen-bond donors (Lipinski definition) is 2. The van der Waals surface area contributed by atoms with E-state index in [1.54, 1.807) is 0 Å². The van der Waals surface area contributed by atoms with Gasteiger partial charge in [0.15, 0.2) is 5.78 Å². The monoisotopic (exact) mass is 179 g/mol. The first-order valence-electron chi connectivity index (χ1n) is 3.63. The zero-order valence-electron chi connectivity index (χ0n) is 7.07. The van der Waals surface area contributed by atoms with E-state index in [2.05, 4.69) is 4.98 Å². The number of hydrogen-bond acceptors (Lipinski definition) is 4. The molecule has 0 fully saturated rings. The SMILES string of the molecule is CC(=O)c1ccnc(C(=O)NN)c1. The molecule has 1 heterocycles. The standard InChI is InChI=1S/C8H9N3O2/c1-5(12)6-2-3-10-7(4-6)8(13)11-9/h2-4H,9H2,1H3,(H,11,13). The van der Waals surface area contributed by atoms with Gasteiger partial charge in [0.1, 0.15) is 5.69 Å². The minimum atomic E-state index is -0.511. The molecule has 5 heteroatoms.